The van der Waals surface area contributed by atoms with Crippen LogP contribution in [0.25, 0.3) is 5.69 Å². The van der Waals surface area contributed by atoms with Crippen molar-refractivity contribution in [3.05, 3.63) is 113 Å². The molecule has 0 atom stereocenters. The SMILES string of the molecule is CCN(Cc1nn(-c2ccccc2)c2c1CN(Cc1cc(F)ccc1F)CC2)C(=O)COc1ccccc1. The highest BCUT2D eigenvalue weighted by Gasteiger charge is 2.28. The van der Waals surface area contributed by atoms with Gasteiger partial charge in [-0.05, 0) is 49.4 Å². The van der Waals surface area contributed by atoms with E-state index in [9.17, 15) is 13.6 Å². The molecule has 6 nitrogen and oxygen atoms in total. The van der Waals surface area contributed by atoms with Crippen molar-refractivity contribution in [2.45, 2.75) is 33.0 Å². The summed E-state index contributed by atoms with van der Waals surface area (Å²) in [6, 6.07) is 22.7. The Morgan fingerprint density at radius 3 is 2.50 bits per heavy atom. The van der Waals surface area contributed by atoms with E-state index < -0.39 is 11.6 Å². The van der Waals surface area contributed by atoms with Crippen LogP contribution in [0.15, 0.2) is 78.9 Å². The molecule has 0 N–H and O–H groups in total. The molecule has 4 aromatic rings. The van der Waals surface area contributed by atoms with E-state index in [1.54, 1.807) is 4.90 Å². The molecule has 196 valence electrons. The Morgan fingerprint density at radius 2 is 1.76 bits per heavy atom. The van der Waals surface area contributed by atoms with Crippen LogP contribution in [-0.4, -0.2) is 45.2 Å². The highest BCUT2D eigenvalue weighted by atomic mass is 19.1. The van der Waals surface area contributed by atoms with Crippen LogP contribution in [0.2, 0.25) is 0 Å². The van der Waals surface area contributed by atoms with Gasteiger partial charge in [-0.25, -0.2) is 13.5 Å². The fourth-order valence-electron chi connectivity index (χ4n) is 4.80. The third-order valence-corrected chi connectivity index (χ3v) is 6.80. The number of aromatic nitrogens is 2. The molecule has 8 heteroatoms. The second kappa shape index (κ2) is 11.6. The van der Waals surface area contributed by atoms with Gasteiger partial charge in [0.05, 0.1) is 23.6 Å². The molecule has 2 heterocycles. The molecule has 1 aliphatic heterocycles. The van der Waals surface area contributed by atoms with Crippen LogP contribution in [0, 0.1) is 11.6 Å². The maximum atomic E-state index is 14.4. The minimum atomic E-state index is -0.452. The van der Waals surface area contributed by atoms with Gasteiger partial charge in [-0.3, -0.25) is 9.69 Å². The zero-order valence-electron chi connectivity index (χ0n) is 21.3. The molecule has 0 fully saturated rings. The van der Waals surface area contributed by atoms with E-state index in [0.29, 0.717) is 50.5 Å². The third kappa shape index (κ3) is 5.75. The fraction of sp³-hybridized carbons (Fsp3) is 0.267. The number of hydrogen-bond donors (Lipinski definition) is 0. The molecule has 5 rings (SSSR count). The van der Waals surface area contributed by atoms with Gasteiger partial charge in [0.15, 0.2) is 6.61 Å². The fourth-order valence-corrected chi connectivity index (χ4v) is 4.80. The summed E-state index contributed by atoms with van der Waals surface area (Å²) in [6.07, 6.45) is 0.700. The first-order chi connectivity index (χ1) is 18.5. The maximum absolute atomic E-state index is 14.4. The minimum Gasteiger partial charge on any atom is -0.484 e. The second-order valence-corrected chi connectivity index (χ2v) is 9.33. The van der Waals surface area contributed by atoms with Gasteiger partial charge in [0.25, 0.3) is 5.91 Å². The number of nitrogens with zero attached hydrogens (tertiary/aromatic N) is 4. The number of amides is 1. The molecule has 38 heavy (non-hydrogen) atoms. The molecular weight excluding hydrogens is 486 g/mol. The quantitative estimate of drug-likeness (QED) is 0.309. The van der Waals surface area contributed by atoms with E-state index in [1.807, 2.05) is 72.3 Å². The van der Waals surface area contributed by atoms with Gasteiger partial charge in [-0.1, -0.05) is 36.4 Å². The monoisotopic (exact) mass is 516 g/mol. The molecule has 0 radical (unpaired) electrons. The molecule has 0 aliphatic carbocycles. The van der Waals surface area contributed by atoms with Crippen LogP contribution in [0.3, 0.4) is 0 Å². The van der Waals surface area contributed by atoms with Crippen LogP contribution in [0.5, 0.6) is 5.75 Å². The number of hydrogen-bond acceptors (Lipinski definition) is 4. The summed E-state index contributed by atoms with van der Waals surface area (Å²) in [5.74, 6) is -0.359. The number of carbonyl (C=O) groups excluding carboxylic acids is 1. The average molecular weight is 517 g/mol. The van der Waals surface area contributed by atoms with Crippen LogP contribution in [-0.2, 0) is 30.8 Å². The highest BCUT2D eigenvalue weighted by Crippen LogP contribution is 2.28. The Morgan fingerprint density at radius 1 is 1.03 bits per heavy atom. The lowest BCUT2D eigenvalue weighted by Gasteiger charge is -2.28. The standard InChI is InChI=1S/C30H30F2N4O2/c1-2-35(30(37)21-38-25-11-7-4-8-12-25)20-28-26-19-34(18-22-17-23(31)13-14-27(22)32)16-15-29(26)36(33-28)24-9-5-3-6-10-24/h3-14,17H,2,15-16,18-21H2,1H3. The van der Waals surface area contributed by atoms with E-state index in [4.69, 9.17) is 9.84 Å². The van der Waals surface area contributed by atoms with Crippen molar-refractivity contribution in [3.8, 4) is 11.4 Å². The number of likely N-dealkylation sites (N-methyl/N-ethyl adjacent to an activating group) is 1. The normalized spacial score (nSPS) is 13.2. The van der Waals surface area contributed by atoms with E-state index in [-0.39, 0.29) is 12.5 Å². The molecule has 0 saturated heterocycles. The topological polar surface area (TPSA) is 50.6 Å². The van der Waals surface area contributed by atoms with Crippen LogP contribution in [0.4, 0.5) is 8.78 Å². The zero-order chi connectivity index (χ0) is 26.5. The number of para-hydroxylation sites is 2. The molecule has 1 aliphatic rings. The second-order valence-electron chi connectivity index (χ2n) is 9.33. The Balaban J connectivity index is 1.39. The van der Waals surface area contributed by atoms with Gasteiger partial charge in [-0.2, -0.15) is 5.10 Å². The Hall–Kier alpha value is -4.04. The predicted molar refractivity (Wildman–Crippen MR) is 141 cm³/mol. The van der Waals surface area contributed by atoms with Gasteiger partial charge in [0, 0.05) is 43.7 Å². The van der Waals surface area contributed by atoms with Crippen molar-refractivity contribution >= 4 is 5.91 Å². The molecule has 0 saturated carbocycles. The number of halogens is 2. The summed E-state index contributed by atoms with van der Waals surface area (Å²) in [4.78, 5) is 16.9. The maximum Gasteiger partial charge on any atom is 0.260 e. The van der Waals surface area contributed by atoms with Crippen molar-refractivity contribution in [1.29, 1.82) is 0 Å². The number of rotatable bonds is 9. The van der Waals surface area contributed by atoms with Crippen LogP contribution in [0.1, 0.15) is 29.4 Å². The molecule has 0 spiro atoms. The molecular formula is C30H30F2N4O2. The summed E-state index contributed by atoms with van der Waals surface area (Å²) in [5.41, 5.74) is 4.16. The van der Waals surface area contributed by atoms with Gasteiger partial charge in [-0.15, -0.1) is 0 Å². The largest absolute Gasteiger partial charge is 0.484 e. The van der Waals surface area contributed by atoms with Crippen LogP contribution < -0.4 is 4.74 Å². The Kier molecular flexibility index (Phi) is 7.79. The highest BCUT2D eigenvalue weighted by molar-refractivity contribution is 5.77. The molecule has 3 aromatic carbocycles. The molecule has 0 unspecified atom stereocenters. The first-order valence-electron chi connectivity index (χ1n) is 12.8. The van der Waals surface area contributed by atoms with Crippen molar-refractivity contribution in [3.63, 3.8) is 0 Å². The summed E-state index contributed by atoms with van der Waals surface area (Å²) in [6.45, 7) is 4.20. The summed E-state index contributed by atoms with van der Waals surface area (Å²) in [7, 11) is 0. The minimum absolute atomic E-state index is 0.0651. The molecule has 1 amide bonds. The Bertz CT molecular complexity index is 1390. The number of fused-ring (bicyclic) bond motifs is 1. The lowest BCUT2D eigenvalue weighted by molar-refractivity contribution is -0.133. The first kappa shape index (κ1) is 25.6. The van der Waals surface area contributed by atoms with Gasteiger partial charge in [0.1, 0.15) is 17.4 Å². The van der Waals surface area contributed by atoms with Crippen molar-refractivity contribution in [2.75, 3.05) is 19.7 Å². The lowest BCUT2D eigenvalue weighted by atomic mass is 10.0. The van der Waals surface area contributed by atoms with Crippen molar-refractivity contribution in [1.82, 2.24) is 19.6 Å². The average Bonchev–Trinajstić information content (AvgIpc) is 3.31. The number of ether oxygens (including phenoxy) is 1. The molecule has 1 aromatic heterocycles. The van der Waals surface area contributed by atoms with Gasteiger partial charge < -0.3 is 9.64 Å². The van der Waals surface area contributed by atoms with E-state index in [1.165, 1.54) is 12.1 Å². The lowest BCUT2D eigenvalue weighted by Crippen LogP contribution is -2.35. The first-order valence-corrected chi connectivity index (χ1v) is 12.8. The third-order valence-electron chi connectivity index (χ3n) is 6.80. The number of carbonyl (C=O) groups is 1. The van der Waals surface area contributed by atoms with Gasteiger partial charge >= 0.3 is 0 Å². The van der Waals surface area contributed by atoms with E-state index in [0.717, 1.165) is 28.7 Å². The van der Waals surface area contributed by atoms with Crippen molar-refractivity contribution in [2.24, 2.45) is 0 Å². The Labute approximate surface area is 221 Å². The molecule has 0 bridgehead atoms. The number of benzene rings is 3. The smallest absolute Gasteiger partial charge is 0.260 e. The van der Waals surface area contributed by atoms with Crippen LogP contribution >= 0.6 is 0 Å². The summed E-state index contributed by atoms with van der Waals surface area (Å²) >= 11 is 0. The van der Waals surface area contributed by atoms with E-state index >= 15 is 0 Å². The zero-order valence-corrected chi connectivity index (χ0v) is 21.3. The van der Waals surface area contributed by atoms with Gasteiger partial charge in [0.2, 0.25) is 0 Å². The van der Waals surface area contributed by atoms with E-state index in [2.05, 4.69) is 4.90 Å². The summed E-state index contributed by atoms with van der Waals surface area (Å²) < 4.78 is 35.8. The van der Waals surface area contributed by atoms with Crippen molar-refractivity contribution < 1.29 is 18.3 Å². The summed E-state index contributed by atoms with van der Waals surface area (Å²) in [5, 5.41) is 4.94. The predicted octanol–water partition coefficient (Wildman–Crippen LogP) is 5.14.